The Balaban J connectivity index is 2.34. The molecule has 2 aromatic carbocycles. The maximum Gasteiger partial charge on any atom is 0.259 e. The lowest BCUT2D eigenvalue weighted by Gasteiger charge is -2.10. The van der Waals surface area contributed by atoms with Gasteiger partial charge in [0, 0.05) is 5.69 Å². The summed E-state index contributed by atoms with van der Waals surface area (Å²) in [4.78, 5) is 12.1. The van der Waals surface area contributed by atoms with Crippen LogP contribution in [0, 0.1) is 12.7 Å². The smallest absolute Gasteiger partial charge is 0.259 e. The average molecular weight is 279 g/mol. The molecule has 0 spiro atoms. The number of anilines is 2. The summed E-state index contributed by atoms with van der Waals surface area (Å²) in [5, 5.41) is 2.70. The molecule has 0 saturated carbocycles. The Kier molecular flexibility index (Phi) is 3.71. The molecular formula is C14H12ClFN2O. The maximum atomic E-state index is 13.6. The summed E-state index contributed by atoms with van der Waals surface area (Å²) in [5.74, 6) is -1.04. The third kappa shape index (κ3) is 2.85. The summed E-state index contributed by atoms with van der Waals surface area (Å²) in [6.07, 6.45) is 0. The number of carbonyl (C=O) groups excluding carboxylic acids is 1. The standard InChI is InChI=1S/C14H12ClFN2O/c1-8-5-6-10(16)12(7-8)18-14(19)13-9(15)3-2-4-11(13)17/h2-7H,17H2,1H3,(H,18,19). The fourth-order valence-corrected chi connectivity index (χ4v) is 1.97. The number of nitrogens with two attached hydrogens (primary N) is 1. The number of nitrogen functional groups attached to an aromatic ring is 1. The van der Waals surface area contributed by atoms with Gasteiger partial charge in [-0.05, 0) is 36.8 Å². The molecule has 1 amide bonds. The van der Waals surface area contributed by atoms with E-state index in [1.807, 2.05) is 0 Å². The number of amides is 1. The summed E-state index contributed by atoms with van der Waals surface area (Å²) in [7, 11) is 0. The van der Waals surface area contributed by atoms with Crippen LogP contribution in [-0.2, 0) is 0 Å². The van der Waals surface area contributed by atoms with Crippen molar-refractivity contribution in [3.63, 3.8) is 0 Å². The van der Waals surface area contributed by atoms with Gasteiger partial charge in [0.25, 0.3) is 5.91 Å². The van der Waals surface area contributed by atoms with Crippen LogP contribution in [0.15, 0.2) is 36.4 Å². The fraction of sp³-hybridized carbons (Fsp3) is 0.0714. The molecule has 2 rings (SSSR count). The van der Waals surface area contributed by atoms with E-state index in [1.165, 1.54) is 6.07 Å². The van der Waals surface area contributed by atoms with Crippen LogP contribution in [0.25, 0.3) is 0 Å². The number of carbonyl (C=O) groups is 1. The zero-order valence-electron chi connectivity index (χ0n) is 10.2. The number of halogens is 2. The summed E-state index contributed by atoms with van der Waals surface area (Å²) >= 11 is 5.93. The molecule has 0 fully saturated rings. The van der Waals surface area contributed by atoms with E-state index in [-0.39, 0.29) is 22.0 Å². The van der Waals surface area contributed by atoms with Crippen LogP contribution in [0.4, 0.5) is 15.8 Å². The third-order valence-electron chi connectivity index (χ3n) is 2.64. The molecule has 0 bridgehead atoms. The molecular weight excluding hydrogens is 267 g/mol. The van der Waals surface area contributed by atoms with E-state index in [2.05, 4.69) is 5.32 Å². The van der Waals surface area contributed by atoms with Crippen molar-refractivity contribution >= 4 is 28.9 Å². The van der Waals surface area contributed by atoms with E-state index in [4.69, 9.17) is 17.3 Å². The minimum Gasteiger partial charge on any atom is -0.398 e. The number of hydrogen-bond donors (Lipinski definition) is 2. The van der Waals surface area contributed by atoms with Crippen LogP contribution < -0.4 is 11.1 Å². The van der Waals surface area contributed by atoms with Gasteiger partial charge < -0.3 is 11.1 Å². The van der Waals surface area contributed by atoms with Gasteiger partial charge in [-0.3, -0.25) is 4.79 Å². The van der Waals surface area contributed by atoms with Gasteiger partial charge in [-0.1, -0.05) is 23.7 Å². The van der Waals surface area contributed by atoms with Crippen molar-refractivity contribution in [2.75, 3.05) is 11.1 Å². The first-order valence-corrected chi connectivity index (χ1v) is 5.98. The Hall–Kier alpha value is -2.07. The lowest BCUT2D eigenvalue weighted by atomic mass is 10.1. The highest BCUT2D eigenvalue weighted by atomic mass is 35.5. The van der Waals surface area contributed by atoms with Crippen LogP contribution in [0.1, 0.15) is 15.9 Å². The van der Waals surface area contributed by atoms with Gasteiger partial charge in [0.05, 0.1) is 16.3 Å². The highest BCUT2D eigenvalue weighted by molar-refractivity contribution is 6.35. The molecule has 0 saturated heterocycles. The number of rotatable bonds is 2. The van der Waals surface area contributed by atoms with Gasteiger partial charge in [0.1, 0.15) is 5.82 Å². The van der Waals surface area contributed by atoms with E-state index < -0.39 is 11.7 Å². The van der Waals surface area contributed by atoms with Crippen molar-refractivity contribution in [2.24, 2.45) is 0 Å². The fourth-order valence-electron chi connectivity index (χ4n) is 1.70. The second-order valence-electron chi connectivity index (χ2n) is 4.14. The summed E-state index contributed by atoms with van der Waals surface area (Å²) < 4.78 is 13.6. The van der Waals surface area contributed by atoms with Gasteiger partial charge in [0.15, 0.2) is 0 Å². The first kappa shape index (κ1) is 13.4. The third-order valence-corrected chi connectivity index (χ3v) is 2.96. The average Bonchev–Trinajstić information content (AvgIpc) is 2.33. The Labute approximate surface area is 115 Å². The highest BCUT2D eigenvalue weighted by Gasteiger charge is 2.15. The number of nitrogens with one attached hydrogen (secondary N) is 1. The van der Waals surface area contributed by atoms with E-state index in [0.29, 0.717) is 0 Å². The largest absolute Gasteiger partial charge is 0.398 e. The minimum atomic E-state index is -0.535. The number of benzene rings is 2. The molecule has 0 aliphatic rings. The lowest BCUT2D eigenvalue weighted by molar-refractivity contribution is 0.102. The van der Waals surface area contributed by atoms with Crippen LogP contribution in [0.5, 0.6) is 0 Å². The van der Waals surface area contributed by atoms with Crippen LogP contribution >= 0.6 is 11.6 Å². The highest BCUT2D eigenvalue weighted by Crippen LogP contribution is 2.24. The predicted molar refractivity (Wildman–Crippen MR) is 75.0 cm³/mol. The van der Waals surface area contributed by atoms with Crippen molar-refractivity contribution in [3.8, 4) is 0 Å². The quantitative estimate of drug-likeness (QED) is 0.824. The monoisotopic (exact) mass is 278 g/mol. The second kappa shape index (κ2) is 5.28. The molecule has 0 aliphatic heterocycles. The van der Waals surface area contributed by atoms with Crippen molar-refractivity contribution < 1.29 is 9.18 Å². The van der Waals surface area contributed by atoms with E-state index in [1.54, 1.807) is 37.3 Å². The minimum absolute atomic E-state index is 0.101. The molecule has 3 nitrogen and oxygen atoms in total. The molecule has 0 radical (unpaired) electrons. The van der Waals surface area contributed by atoms with Gasteiger partial charge in [-0.15, -0.1) is 0 Å². The molecule has 0 atom stereocenters. The maximum absolute atomic E-state index is 13.6. The van der Waals surface area contributed by atoms with Crippen LogP contribution in [-0.4, -0.2) is 5.91 Å². The topological polar surface area (TPSA) is 55.1 Å². The van der Waals surface area contributed by atoms with Crippen molar-refractivity contribution in [1.29, 1.82) is 0 Å². The van der Waals surface area contributed by atoms with E-state index in [0.717, 1.165) is 5.56 Å². The summed E-state index contributed by atoms with van der Waals surface area (Å²) in [5.41, 5.74) is 7.03. The second-order valence-corrected chi connectivity index (χ2v) is 4.55. The van der Waals surface area contributed by atoms with Crippen LogP contribution in [0.3, 0.4) is 0 Å². The molecule has 5 heteroatoms. The Morgan fingerprint density at radius 3 is 2.74 bits per heavy atom. The van der Waals surface area contributed by atoms with E-state index >= 15 is 0 Å². The predicted octanol–water partition coefficient (Wildman–Crippen LogP) is 3.62. The van der Waals surface area contributed by atoms with Gasteiger partial charge in [0.2, 0.25) is 0 Å². The molecule has 3 N–H and O–H groups in total. The molecule has 2 aromatic rings. The number of aryl methyl sites for hydroxylation is 1. The lowest BCUT2D eigenvalue weighted by Crippen LogP contribution is -2.15. The van der Waals surface area contributed by atoms with Crippen molar-refractivity contribution in [3.05, 3.63) is 58.4 Å². The summed E-state index contributed by atoms with van der Waals surface area (Å²) in [6.45, 7) is 1.80. The molecule has 98 valence electrons. The van der Waals surface area contributed by atoms with Crippen molar-refractivity contribution in [1.82, 2.24) is 0 Å². The Morgan fingerprint density at radius 2 is 2.05 bits per heavy atom. The number of hydrogen-bond acceptors (Lipinski definition) is 2. The molecule has 0 unspecified atom stereocenters. The zero-order chi connectivity index (χ0) is 14.0. The SMILES string of the molecule is Cc1ccc(F)c(NC(=O)c2c(N)cccc2Cl)c1. The first-order valence-electron chi connectivity index (χ1n) is 5.60. The first-order chi connectivity index (χ1) is 8.99. The normalized spacial score (nSPS) is 10.3. The zero-order valence-corrected chi connectivity index (χ0v) is 11.0. The summed E-state index contributed by atoms with van der Waals surface area (Å²) in [6, 6.07) is 9.21. The van der Waals surface area contributed by atoms with E-state index in [9.17, 15) is 9.18 Å². The van der Waals surface area contributed by atoms with Gasteiger partial charge in [-0.2, -0.15) is 0 Å². The Morgan fingerprint density at radius 1 is 1.32 bits per heavy atom. The van der Waals surface area contributed by atoms with Crippen LogP contribution in [0.2, 0.25) is 5.02 Å². The molecule has 0 heterocycles. The Bertz CT molecular complexity index is 623. The van der Waals surface area contributed by atoms with Gasteiger partial charge >= 0.3 is 0 Å². The van der Waals surface area contributed by atoms with Gasteiger partial charge in [-0.25, -0.2) is 4.39 Å². The molecule has 19 heavy (non-hydrogen) atoms. The molecule has 0 aliphatic carbocycles. The molecule has 0 aromatic heterocycles. The van der Waals surface area contributed by atoms with Crippen molar-refractivity contribution in [2.45, 2.75) is 6.92 Å².